The first-order valence-corrected chi connectivity index (χ1v) is 7.26. The first-order valence-electron chi connectivity index (χ1n) is 6.46. The molecule has 1 aromatic heterocycles. The van der Waals surface area contributed by atoms with Gasteiger partial charge in [-0.15, -0.1) is 0 Å². The Bertz CT molecular complexity index is 638. The lowest BCUT2D eigenvalue weighted by Crippen LogP contribution is -2.34. The van der Waals surface area contributed by atoms with Gasteiger partial charge in [0.25, 0.3) is 5.91 Å². The summed E-state index contributed by atoms with van der Waals surface area (Å²) in [4.78, 5) is 18.8. The highest BCUT2D eigenvalue weighted by Gasteiger charge is 2.35. The van der Waals surface area contributed by atoms with E-state index in [0.717, 1.165) is 17.3 Å². The SMILES string of the molecule is Nc1ccc(N(C(=O)c2ccccc2Br)C2CC2)nc1. The Morgan fingerprint density at radius 1 is 1.25 bits per heavy atom. The lowest BCUT2D eigenvalue weighted by atomic mass is 10.2. The van der Waals surface area contributed by atoms with Crippen molar-refractivity contribution >= 4 is 33.3 Å². The van der Waals surface area contributed by atoms with Crippen molar-refractivity contribution in [1.82, 2.24) is 4.98 Å². The molecular weight excluding hydrogens is 318 g/mol. The van der Waals surface area contributed by atoms with Crippen molar-refractivity contribution in [2.24, 2.45) is 0 Å². The molecule has 4 nitrogen and oxygen atoms in total. The number of nitrogens with two attached hydrogens (primary N) is 1. The van der Waals surface area contributed by atoms with Crippen LogP contribution in [0.2, 0.25) is 0 Å². The van der Waals surface area contributed by atoms with Crippen molar-refractivity contribution in [2.45, 2.75) is 18.9 Å². The van der Waals surface area contributed by atoms with E-state index < -0.39 is 0 Å². The summed E-state index contributed by atoms with van der Waals surface area (Å²) in [6.45, 7) is 0. The number of anilines is 2. The predicted molar refractivity (Wildman–Crippen MR) is 82.6 cm³/mol. The van der Waals surface area contributed by atoms with Crippen LogP contribution in [0.3, 0.4) is 0 Å². The summed E-state index contributed by atoms with van der Waals surface area (Å²) in [5.74, 6) is 0.625. The molecule has 1 saturated carbocycles. The van der Waals surface area contributed by atoms with Crippen molar-refractivity contribution < 1.29 is 4.79 Å². The zero-order valence-electron chi connectivity index (χ0n) is 10.8. The van der Waals surface area contributed by atoms with Crippen molar-refractivity contribution in [3.8, 4) is 0 Å². The number of rotatable bonds is 3. The molecule has 1 aliphatic rings. The number of amides is 1. The average molecular weight is 332 g/mol. The lowest BCUT2D eigenvalue weighted by Gasteiger charge is -2.22. The molecule has 2 aromatic rings. The molecule has 102 valence electrons. The Morgan fingerprint density at radius 3 is 2.60 bits per heavy atom. The maximum atomic E-state index is 12.8. The number of nitrogen functional groups attached to an aromatic ring is 1. The van der Waals surface area contributed by atoms with Crippen LogP contribution in [0.5, 0.6) is 0 Å². The molecule has 0 spiro atoms. The van der Waals surface area contributed by atoms with Crippen LogP contribution < -0.4 is 10.6 Å². The van der Waals surface area contributed by atoms with Gasteiger partial charge in [-0.2, -0.15) is 0 Å². The Hall–Kier alpha value is -1.88. The number of carbonyl (C=O) groups is 1. The first-order chi connectivity index (χ1) is 9.66. The van der Waals surface area contributed by atoms with Crippen molar-refractivity contribution in [3.05, 3.63) is 52.6 Å². The smallest absolute Gasteiger partial charge is 0.260 e. The van der Waals surface area contributed by atoms with Crippen molar-refractivity contribution in [3.63, 3.8) is 0 Å². The average Bonchev–Trinajstić information content (AvgIpc) is 3.26. The van der Waals surface area contributed by atoms with Crippen molar-refractivity contribution in [1.29, 1.82) is 0 Å². The first kappa shape index (κ1) is 13.1. The van der Waals surface area contributed by atoms with E-state index in [-0.39, 0.29) is 11.9 Å². The van der Waals surface area contributed by atoms with Gasteiger partial charge in [0.05, 0.1) is 17.4 Å². The highest BCUT2D eigenvalue weighted by molar-refractivity contribution is 9.10. The molecule has 2 N–H and O–H groups in total. The molecule has 3 rings (SSSR count). The minimum atomic E-state index is -0.0303. The normalized spacial score (nSPS) is 14.1. The minimum Gasteiger partial charge on any atom is -0.397 e. The topological polar surface area (TPSA) is 59.2 Å². The van der Waals surface area contributed by atoms with E-state index in [0.29, 0.717) is 17.1 Å². The summed E-state index contributed by atoms with van der Waals surface area (Å²) in [5.41, 5.74) is 6.90. The zero-order valence-corrected chi connectivity index (χ0v) is 12.4. The highest BCUT2D eigenvalue weighted by Crippen LogP contribution is 2.33. The molecule has 1 aromatic carbocycles. The second-order valence-corrected chi connectivity index (χ2v) is 5.69. The fourth-order valence-electron chi connectivity index (χ4n) is 2.09. The van der Waals surface area contributed by atoms with Gasteiger partial charge in [0.1, 0.15) is 5.82 Å². The molecule has 1 heterocycles. The molecule has 0 saturated heterocycles. The van der Waals surface area contributed by atoms with Crippen LogP contribution in [0.25, 0.3) is 0 Å². The maximum Gasteiger partial charge on any atom is 0.260 e. The number of nitrogens with zero attached hydrogens (tertiary/aromatic N) is 2. The Kier molecular flexibility index (Phi) is 3.44. The van der Waals surface area contributed by atoms with Gasteiger partial charge in [-0.25, -0.2) is 4.98 Å². The van der Waals surface area contributed by atoms with Crippen LogP contribution in [0.4, 0.5) is 11.5 Å². The molecule has 0 unspecified atom stereocenters. The molecule has 0 bridgehead atoms. The summed E-state index contributed by atoms with van der Waals surface area (Å²) < 4.78 is 0.797. The van der Waals surface area contributed by atoms with Crippen LogP contribution in [0.15, 0.2) is 47.1 Å². The summed E-state index contributed by atoms with van der Waals surface area (Å²) in [6, 6.07) is 11.2. The fraction of sp³-hybridized carbons (Fsp3) is 0.200. The molecule has 0 radical (unpaired) electrons. The molecule has 1 fully saturated rings. The lowest BCUT2D eigenvalue weighted by molar-refractivity contribution is 0.0983. The summed E-state index contributed by atoms with van der Waals surface area (Å²) in [7, 11) is 0. The monoisotopic (exact) mass is 331 g/mol. The van der Waals surface area contributed by atoms with E-state index in [1.165, 1.54) is 0 Å². The van der Waals surface area contributed by atoms with Gasteiger partial charge >= 0.3 is 0 Å². The Morgan fingerprint density at radius 2 is 2.00 bits per heavy atom. The number of hydrogen-bond acceptors (Lipinski definition) is 3. The third-order valence-electron chi connectivity index (χ3n) is 3.25. The molecule has 5 heteroatoms. The third-order valence-corrected chi connectivity index (χ3v) is 3.94. The summed E-state index contributed by atoms with van der Waals surface area (Å²) >= 11 is 3.43. The van der Waals surface area contributed by atoms with Gasteiger partial charge < -0.3 is 5.73 Å². The van der Waals surface area contributed by atoms with E-state index >= 15 is 0 Å². The largest absolute Gasteiger partial charge is 0.397 e. The quantitative estimate of drug-likeness (QED) is 0.939. The Labute approximate surface area is 125 Å². The zero-order chi connectivity index (χ0) is 14.1. The van der Waals surface area contributed by atoms with Crippen LogP contribution in [-0.4, -0.2) is 16.9 Å². The number of aromatic nitrogens is 1. The number of hydrogen-bond donors (Lipinski definition) is 1. The van der Waals surface area contributed by atoms with E-state index in [9.17, 15) is 4.79 Å². The molecule has 0 atom stereocenters. The number of benzene rings is 1. The van der Waals surface area contributed by atoms with Gasteiger partial charge in [0, 0.05) is 10.5 Å². The third kappa shape index (κ3) is 2.54. The van der Waals surface area contributed by atoms with Crippen LogP contribution in [0, 0.1) is 0 Å². The molecule has 1 aliphatic carbocycles. The predicted octanol–water partition coefficient (Wildman–Crippen LogP) is 3.24. The standard InChI is InChI=1S/C15H14BrN3O/c16-13-4-2-1-3-12(13)15(20)19(11-6-7-11)14-8-5-10(17)9-18-14/h1-5,8-9,11H,6-7,17H2. The summed E-state index contributed by atoms with van der Waals surface area (Å²) in [6.07, 6.45) is 3.61. The maximum absolute atomic E-state index is 12.8. The molecule has 20 heavy (non-hydrogen) atoms. The van der Waals surface area contributed by atoms with Gasteiger partial charge in [-0.05, 0) is 53.0 Å². The Balaban J connectivity index is 1.97. The van der Waals surface area contributed by atoms with Gasteiger partial charge in [-0.1, -0.05) is 12.1 Å². The van der Waals surface area contributed by atoms with Gasteiger partial charge in [0.15, 0.2) is 0 Å². The number of carbonyl (C=O) groups excluding carboxylic acids is 1. The van der Waals surface area contributed by atoms with Crippen LogP contribution >= 0.6 is 15.9 Å². The second-order valence-electron chi connectivity index (χ2n) is 4.84. The van der Waals surface area contributed by atoms with E-state index in [4.69, 9.17) is 5.73 Å². The highest BCUT2D eigenvalue weighted by atomic mass is 79.9. The van der Waals surface area contributed by atoms with E-state index in [1.54, 1.807) is 23.2 Å². The van der Waals surface area contributed by atoms with Crippen LogP contribution in [-0.2, 0) is 0 Å². The second kappa shape index (κ2) is 5.25. The molecule has 0 aliphatic heterocycles. The fourth-order valence-corrected chi connectivity index (χ4v) is 2.55. The van der Waals surface area contributed by atoms with Gasteiger partial charge in [-0.3, -0.25) is 9.69 Å². The van der Waals surface area contributed by atoms with E-state index in [1.807, 2.05) is 24.3 Å². The number of pyridine rings is 1. The van der Waals surface area contributed by atoms with Gasteiger partial charge in [0.2, 0.25) is 0 Å². The van der Waals surface area contributed by atoms with Crippen molar-refractivity contribution in [2.75, 3.05) is 10.6 Å². The molecule has 1 amide bonds. The molecular formula is C15H14BrN3O. The summed E-state index contributed by atoms with van der Waals surface area (Å²) in [5, 5.41) is 0. The minimum absolute atomic E-state index is 0.0303. The van der Waals surface area contributed by atoms with E-state index in [2.05, 4.69) is 20.9 Å². The number of halogens is 1. The van der Waals surface area contributed by atoms with Crippen LogP contribution in [0.1, 0.15) is 23.2 Å².